The molecule has 4 nitrogen and oxygen atoms in total. The maximum atomic E-state index is 11.6. The molecule has 0 bridgehead atoms. The van der Waals surface area contributed by atoms with Gasteiger partial charge in [0.1, 0.15) is 5.69 Å². The maximum absolute atomic E-state index is 11.6. The number of rotatable bonds is 2. The van der Waals surface area contributed by atoms with E-state index in [1.54, 1.807) is 22.2 Å². The summed E-state index contributed by atoms with van der Waals surface area (Å²) in [7, 11) is 0. The van der Waals surface area contributed by atoms with Crippen molar-refractivity contribution in [1.82, 2.24) is 9.38 Å². The van der Waals surface area contributed by atoms with Gasteiger partial charge in [0.15, 0.2) is 4.96 Å². The van der Waals surface area contributed by atoms with Crippen LogP contribution in [0.5, 0.6) is 0 Å². The summed E-state index contributed by atoms with van der Waals surface area (Å²) in [5.41, 5.74) is 0.538. The number of imidazole rings is 1. The van der Waals surface area contributed by atoms with Crippen LogP contribution in [-0.4, -0.2) is 21.5 Å². The zero-order chi connectivity index (χ0) is 10.1. The number of fused-ring (bicyclic) bond motifs is 1. The van der Waals surface area contributed by atoms with Crippen LogP contribution < -0.4 is 0 Å². The molecule has 2 aromatic rings. The smallest absolute Gasteiger partial charge is 0.356 e. The fraction of sp³-hybridized carbons (Fsp3) is 0.333. The van der Waals surface area contributed by atoms with E-state index in [2.05, 4.69) is 4.98 Å². The van der Waals surface area contributed by atoms with Crippen molar-refractivity contribution in [1.29, 1.82) is 0 Å². The summed E-state index contributed by atoms with van der Waals surface area (Å²) >= 11 is 1.43. The first-order valence-corrected chi connectivity index (χ1v) is 5.18. The van der Waals surface area contributed by atoms with E-state index in [1.165, 1.54) is 11.3 Å². The van der Waals surface area contributed by atoms with Gasteiger partial charge in [-0.1, -0.05) is 0 Å². The molecule has 0 N–H and O–H groups in total. The number of hydrogen-bond acceptors (Lipinski definition) is 4. The van der Waals surface area contributed by atoms with Crippen LogP contribution in [0.25, 0.3) is 4.96 Å². The molecule has 0 aliphatic carbocycles. The van der Waals surface area contributed by atoms with Crippen molar-refractivity contribution in [2.24, 2.45) is 0 Å². The highest BCUT2D eigenvalue weighted by molar-refractivity contribution is 7.15. The molecule has 0 saturated heterocycles. The topological polar surface area (TPSA) is 43.6 Å². The first-order chi connectivity index (χ1) is 6.68. The van der Waals surface area contributed by atoms with E-state index in [0.717, 1.165) is 4.96 Å². The van der Waals surface area contributed by atoms with Crippen LogP contribution in [-0.2, 0) is 4.74 Å². The molecule has 2 heterocycles. The number of carbonyl (C=O) groups is 1. The predicted molar refractivity (Wildman–Crippen MR) is 53.6 cm³/mol. The Morgan fingerprint density at radius 2 is 2.43 bits per heavy atom. The van der Waals surface area contributed by atoms with Crippen LogP contribution in [0.15, 0.2) is 17.8 Å². The van der Waals surface area contributed by atoms with Gasteiger partial charge in [0.05, 0.1) is 6.10 Å². The summed E-state index contributed by atoms with van der Waals surface area (Å²) in [6.07, 6.45) is 3.32. The van der Waals surface area contributed by atoms with E-state index in [0.29, 0.717) is 5.69 Å². The summed E-state index contributed by atoms with van der Waals surface area (Å²) in [4.78, 5) is 16.4. The van der Waals surface area contributed by atoms with Gasteiger partial charge in [0.25, 0.3) is 0 Å². The third-order valence-corrected chi connectivity index (χ3v) is 2.55. The molecule has 0 saturated carbocycles. The van der Waals surface area contributed by atoms with Crippen LogP contribution in [0.4, 0.5) is 0 Å². The SMILES string of the molecule is CC(C)OC(=O)c1csc2nccn12. The molecule has 0 spiro atoms. The van der Waals surface area contributed by atoms with E-state index >= 15 is 0 Å². The fourth-order valence-corrected chi connectivity index (χ4v) is 1.97. The van der Waals surface area contributed by atoms with Gasteiger partial charge >= 0.3 is 5.97 Å². The average Bonchev–Trinajstić information content (AvgIpc) is 2.59. The minimum atomic E-state index is -0.302. The Labute approximate surface area is 85.1 Å². The molecule has 14 heavy (non-hydrogen) atoms. The Morgan fingerprint density at radius 3 is 3.14 bits per heavy atom. The van der Waals surface area contributed by atoms with E-state index in [-0.39, 0.29) is 12.1 Å². The largest absolute Gasteiger partial charge is 0.458 e. The normalized spacial score (nSPS) is 11.1. The first-order valence-electron chi connectivity index (χ1n) is 4.30. The zero-order valence-electron chi connectivity index (χ0n) is 7.93. The van der Waals surface area contributed by atoms with E-state index < -0.39 is 0 Å². The van der Waals surface area contributed by atoms with Crippen molar-refractivity contribution in [3.8, 4) is 0 Å². The molecule has 74 valence electrons. The molecule has 0 fully saturated rings. The summed E-state index contributed by atoms with van der Waals surface area (Å²) in [5, 5.41) is 1.76. The van der Waals surface area contributed by atoms with Crippen molar-refractivity contribution < 1.29 is 9.53 Å². The third-order valence-electron chi connectivity index (χ3n) is 1.69. The zero-order valence-corrected chi connectivity index (χ0v) is 8.75. The van der Waals surface area contributed by atoms with Crippen molar-refractivity contribution in [3.63, 3.8) is 0 Å². The lowest BCUT2D eigenvalue weighted by Gasteiger charge is -2.06. The second kappa shape index (κ2) is 3.42. The Bertz CT molecular complexity index is 458. The van der Waals surface area contributed by atoms with Gasteiger partial charge < -0.3 is 4.74 Å². The molecule has 0 amide bonds. The van der Waals surface area contributed by atoms with Crippen molar-refractivity contribution in [2.45, 2.75) is 20.0 Å². The second-order valence-electron chi connectivity index (χ2n) is 3.15. The van der Waals surface area contributed by atoms with Crippen LogP contribution in [0, 0.1) is 0 Å². The van der Waals surface area contributed by atoms with E-state index in [1.807, 2.05) is 13.8 Å². The molecule has 0 aliphatic rings. The van der Waals surface area contributed by atoms with Crippen LogP contribution in [0.3, 0.4) is 0 Å². The molecule has 2 aromatic heterocycles. The fourth-order valence-electron chi connectivity index (χ4n) is 1.15. The molecule has 5 heteroatoms. The minimum Gasteiger partial charge on any atom is -0.458 e. The van der Waals surface area contributed by atoms with E-state index in [4.69, 9.17) is 4.74 Å². The van der Waals surface area contributed by atoms with Gasteiger partial charge in [-0.15, -0.1) is 11.3 Å². The Hall–Kier alpha value is -1.36. The first kappa shape index (κ1) is 9.21. The molecule has 0 unspecified atom stereocenters. The maximum Gasteiger partial charge on any atom is 0.356 e. The predicted octanol–water partition coefficient (Wildman–Crippen LogP) is 1.96. The second-order valence-corrected chi connectivity index (χ2v) is 3.99. The monoisotopic (exact) mass is 210 g/mol. The minimum absolute atomic E-state index is 0.0963. The van der Waals surface area contributed by atoms with Gasteiger partial charge in [-0.05, 0) is 13.8 Å². The van der Waals surface area contributed by atoms with Crippen molar-refractivity contribution in [2.75, 3.05) is 0 Å². The van der Waals surface area contributed by atoms with Crippen LogP contribution >= 0.6 is 11.3 Å². The van der Waals surface area contributed by atoms with Crippen LogP contribution in [0.2, 0.25) is 0 Å². The lowest BCUT2D eigenvalue weighted by atomic mass is 10.4. The van der Waals surface area contributed by atoms with Gasteiger partial charge in [0.2, 0.25) is 0 Å². The summed E-state index contributed by atoms with van der Waals surface area (Å²) in [5.74, 6) is -0.302. The highest BCUT2D eigenvalue weighted by Crippen LogP contribution is 2.15. The molecule has 0 radical (unpaired) electrons. The number of carbonyl (C=O) groups excluding carboxylic acids is 1. The number of esters is 1. The van der Waals surface area contributed by atoms with Crippen molar-refractivity contribution in [3.05, 3.63) is 23.5 Å². The lowest BCUT2D eigenvalue weighted by Crippen LogP contribution is -2.13. The number of nitrogens with zero attached hydrogens (tertiary/aromatic N) is 2. The average molecular weight is 210 g/mol. The lowest BCUT2D eigenvalue weighted by molar-refractivity contribution is 0.0370. The molecule has 0 aliphatic heterocycles. The summed E-state index contributed by atoms with van der Waals surface area (Å²) in [6, 6.07) is 0. The highest BCUT2D eigenvalue weighted by Gasteiger charge is 2.14. The third kappa shape index (κ3) is 1.50. The van der Waals surface area contributed by atoms with E-state index in [9.17, 15) is 4.79 Å². The van der Waals surface area contributed by atoms with Crippen molar-refractivity contribution >= 4 is 22.3 Å². The number of thiazole rings is 1. The molecular weight excluding hydrogens is 200 g/mol. The standard InChI is InChI=1S/C9H10N2O2S/c1-6(2)13-8(12)7-5-14-9-10-3-4-11(7)9/h3-6H,1-2H3. The summed E-state index contributed by atoms with van der Waals surface area (Å²) in [6.45, 7) is 3.66. The Kier molecular flexibility index (Phi) is 2.25. The molecule has 0 atom stereocenters. The Morgan fingerprint density at radius 1 is 1.64 bits per heavy atom. The van der Waals surface area contributed by atoms with Gasteiger partial charge in [-0.25, -0.2) is 9.78 Å². The van der Waals surface area contributed by atoms with Gasteiger partial charge in [-0.3, -0.25) is 4.40 Å². The molecule has 0 aromatic carbocycles. The number of aromatic nitrogens is 2. The number of hydrogen-bond donors (Lipinski definition) is 0. The Balaban J connectivity index is 2.34. The highest BCUT2D eigenvalue weighted by atomic mass is 32.1. The molecule has 2 rings (SSSR count). The van der Waals surface area contributed by atoms with Crippen LogP contribution in [0.1, 0.15) is 24.3 Å². The van der Waals surface area contributed by atoms with Gasteiger partial charge in [-0.2, -0.15) is 0 Å². The van der Waals surface area contributed by atoms with Gasteiger partial charge in [0, 0.05) is 17.8 Å². The quantitative estimate of drug-likeness (QED) is 0.712. The molecular formula is C9H10N2O2S. The number of ether oxygens (including phenoxy) is 1. The summed E-state index contributed by atoms with van der Waals surface area (Å²) < 4.78 is 6.82.